The summed E-state index contributed by atoms with van der Waals surface area (Å²) in [7, 11) is 1.93. The van der Waals surface area contributed by atoms with Gasteiger partial charge < -0.3 is 10.0 Å². The van der Waals surface area contributed by atoms with Crippen LogP contribution in [0.4, 0.5) is 10.1 Å². The minimum Gasteiger partial charge on any atom is -0.389 e. The summed E-state index contributed by atoms with van der Waals surface area (Å²) < 4.78 is 13.8. The van der Waals surface area contributed by atoms with E-state index in [1.54, 1.807) is 19.1 Å². The standard InChI is InChI=1S/C13H18FNO/c1-9(16)10-6-7-13(12(14)8-10)15(2)11-4-3-5-11/h6-9,11,16H,3-5H2,1-2H3. The number of hydrogen-bond acceptors (Lipinski definition) is 2. The fraction of sp³-hybridized carbons (Fsp3) is 0.538. The van der Waals surface area contributed by atoms with Gasteiger partial charge in [0.05, 0.1) is 11.8 Å². The maximum Gasteiger partial charge on any atom is 0.146 e. The highest BCUT2D eigenvalue weighted by atomic mass is 19.1. The van der Waals surface area contributed by atoms with Gasteiger partial charge in [-0.1, -0.05) is 6.07 Å². The summed E-state index contributed by atoms with van der Waals surface area (Å²) in [6.45, 7) is 1.64. The van der Waals surface area contributed by atoms with Crippen molar-refractivity contribution in [2.24, 2.45) is 0 Å². The zero-order chi connectivity index (χ0) is 11.7. The molecule has 1 aromatic rings. The van der Waals surface area contributed by atoms with Crippen LogP contribution >= 0.6 is 0 Å². The van der Waals surface area contributed by atoms with Gasteiger partial charge in [0.2, 0.25) is 0 Å². The van der Waals surface area contributed by atoms with E-state index in [4.69, 9.17) is 0 Å². The lowest BCUT2D eigenvalue weighted by Gasteiger charge is -2.36. The molecule has 0 radical (unpaired) electrons. The summed E-state index contributed by atoms with van der Waals surface area (Å²) in [5, 5.41) is 9.36. The fourth-order valence-corrected chi connectivity index (χ4v) is 2.04. The Morgan fingerprint density at radius 3 is 2.56 bits per heavy atom. The van der Waals surface area contributed by atoms with Crippen molar-refractivity contribution in [3.63, 3.8) is 0 Å². The van der Waals surface area contributed by atoms with E-state index in [0.717, 1.165) is 12.8 Å². The quantitative estimate of drug-likeness (QED) is 0.851. The van der Waals surface area contributed by atoms with Crippen LogP contribution < -0.4 is 4.90 Å². The van der Waals surface area contributed by atoms with Crippen molar-refractivity contribution in [1.82, 2.24) is 0 Å². The third-order valence-electron chi connectivity index (χ3n) is 3.46. The maximum atomic E-state index is 13.8. The first-order valence-corrected chi connectivity index (χ1v) is 5.80. The van der Waals surface area contributed by atoms with Gasteiger partial charge in [-0.05, 0) is 43.9 Å². The molecular formula is C13H18FNO. The van der Waals surface area contributed by atoms with Gasteiger partial charge in [0.1, 0.15) is 5.82 Å². The molecule has 3 heteroatoms. The highest BCUT2D eigenvalue weighted by molar-refractivity contribution is 5.50. The molecule has 1 aliphatic carbocycles. The molecule has 1 aliphatic rings. The highest BCUT2D eigenvalue weighted by Gasteiger charge is 2.24. The molecule has 0 aliphatic heterocycles. The topological polar surface area (TPSA) is 23.5 Å². The third kappa shape index (κ3) is 2.05. The lowest BCUT2D eigenvalue weighted by atomic mass is 9.91. The second-order valence-electron chi connectivity index (χ2n) is 4.58. The van der Waals surface area contributed by atoms with Crippen LogP contribution in [0.5, 0.6) is 0 Å². The molecule has 1 fully saturated rings. The summed E-state index contributed by atoms with van der Waals surface area (Å²) in [5.74, 6) is -0.243. The van der Waals surface area contributed by atoms with Gasteiger partial charge in [-0.25, -0.2) is 4.39 Å². The second kappa shape index (κ2) is 4.42. The van der Waals surface area contributed by atoms with Crippen molar-refractivity contribution >= 4 is 5.69 Å². The molecule has 1 aromatic carbocycles. The molecule has 0 aromatic heterocycles. The Kier molecular flexibility index (Phi) is 3.15. The lowest BCUT2D eigenvalue weighted by Crippen LogP contribution is -2.37. The molecule has 88 valence electrons. The summed E-state index contributed by atoms with van der Waals surface area (Å²) in [4.78, 5) is 2.00. The van der Waals surface area contributed by atoms with Crippen molar-refractivity contribution in [3.8, 4) is 0 Å². The van der Waals surface area contributed by atoms with E-state index in [1.807, 2.05) is 11.9 Å². The molecule has 2 rings (SSSR count). The molecule has 0 amide bonds. The van der Waals surface area contributed by atoms with E-state index < -0.39 is 6.10 Å². The minimum absolute atomic E-state index is 0.243. The summed E-state index contributed by atoms with van der Waals surface area (Å²) in [6.07, 6.45) is 2.92. The predicted octanol–water partition coefficient (Wildman–Crippen LogP) is 2.87. The summed E-state index contributed by atoms with van der Waals surface area (Å²) in [6, 6.07) is 5.45. The number of rotatable bonds is 3. The normalized spacial score (nSPS) is 18.0. The van der Waals surface area contributed by atoms with E-state index in [9.17, 15) is 9.50 Å². The predicted molar refractivity (Wildman–Crippen MR) is 63.1 cm³/mol. The molecule has 1 N–H and O–H groups in total. The number of anilines is 1. The second-order valence-corrected chi connectivity index (χ2v) is 4.58. The fourth-order valence-electron chi connectivity index (χ4n) is 2.04. The highest BCUT2D eigenvalue weighted by Crippen LogP contribution is 2.30. The Balaban J connectivity index is 2.21. The summed E-state index contributed by atoms with van der Waals surface area (Å²) in [5.41, 5.74) is 1.26. The van der Waals surface area contributed by atoms with Crippen LogP contribution in [0.1, 0.15) is 37.9 Å². The van der Waals surface area contributed by atoms with Crippen LogP contribution in [-0.2, 0) is 0 Å². The Morgan fingerprint density at radius 1 is 1.44 bits per heavy atom. The molecular weight excluding hydrogens is 205 g/mol. The van der Waals surface area contributed by atoms with Gasteiger partial charge >= 0.3 is 0 Å². The smallest absolute Gasteiger partial charge is 0.146 e. The summed E-state index contributed by atoms with van der Waals surface area (Å²) >= 11 is 0. The Bertz CT molecular complexity index is 374. The van der Waals surface area contributed by atoms with Crippen LogP contribution in [0.25, 0.3) is 0 Å². The minimum atomic E-state index is -0.613. The largest absolute Gasteiger partial charge is 0.389 e. The molecule has 16 heavy (non-hydrogen) atoms. The maximum absolute atomic E-state index is 13.8. The van der Waals surface area contributed by atoms with Crippen molar-refractivity contribution in [3.05, 3.63) is 29.6 Å². The SMILES string of the molecule is CC(O)c1ccc(N(C)C2CCC2)c(F)c1. The van der Waals surface area contributed by atoms with Crippen LogP contribution in [0.3, 0.4) is 0 Å². The first kappa shape index (κ1) is 11.4. The van der Waals surface area contributed by atoms with E-state index in [2.05, 4.69) is 0 Å². The van der Waals surface area contributed by atoms with E-state index in [0.29, 0.717) is 17.3 Å². The number of aliphatic hydroxyl groups excluding tert-OH is 1. The van der Waals surface area contributed by atoms with Crippen LogP contribution in [0.2, 0.25) is 0 Å². The average Bonchev–Trinajstić information content (AvgIpc) is 2.14. The van der Waals surface area contributed by atoms with Gasteiger partial charge in [0.15, 0.2) is 0 Å². The van der Waals surface area contributed by atoms with E-state index in [1.165, 1.54) is 12.5 Å². The van der Waals surface area contributed by atoms with Crippen LogP contribution in [0.15, 0.2) is 18.2 Å². The number of halogens is 1. The number of aliphatic hydroxyl groups is 1. The van der Waals surface area contributed by atoms with Crippen LogP contribution in [-0.4, -0.2) is 18.2 Å². The molecule has 2 nitrogen and oxygen atoms in total. The van der Waals surface area contributed by atoms with E-state index in [-0.39, 0.29) is 5.82 Å². The zero-order valence-electron chi connectivity index (χ0n) is 9.78. The van der Waals surface area contributed by atoms with Gasteiger partial charge in [-0.3, -0.25) is 0 Å². The van der Waals surface area contributed by atoms with Gasteiger partial charge in [0.25, 0.3) is 0 Å². The van der Waals surface area contributed by atoms with Crippen molar-refractivity contribution in [2.75, 3.05) is 11.9 Å². The first-order chi connectivity index (χ1) is 7.59. The number of hydrogen-bond donors (Lipinski definition) is 1. The first-order valence-electron chi connectivity index (χ1n) is 5.80. The van der Waals surface area contributed by atoms with Gasteiger partial charge in [-0.2, -0.15) is 0 Å². The Hall–Kier alpha value is -1.09. The molecule has 0 heterocycles. The average molecular weight is 223 g/mol. The molecule has 1 unspecified atom stereocenters. The molecule has 1 atom stereocenters. The van der Waals surface area contributed by atoms with Gasteiger partial charge in [-0.15, -0.1) is 0 Å². The van der Waals surface area contributed by atoms with Gasteiger partial charge in [0, 0.05) is 13.1 Å². The lowest BCUT2D eigenvalue weighted by molar-refractivity contribution is 0.199. The Labute approximate surface area is 95.7 Å². The molecule has 0 spiro atoms. The monoisotopic (exact) mass is 223 g/mol. The van der Waals surface area contributed by atoms with E-state index >= 15 is 0 Å². The molecule has 1 saturated carbocycles. The van der Waals surface area contributed by atoms with Crippen molar-refractivity contribution in [2.45, 2.75) is 38.3 Å². The van der Waals surface area contributed by atoms with Crippen LogP contribution in [0, 0.1) is 5.82 Å². The Morgan fingerprint density at radius 2 is 2.12 bits per heavy atom. The van der Waals surface area contributed by atoms with Crippen molar-refractivity contribution in [1.29, 1.82) is 0 Å². The molecule has 0 bridgehead atoms. The third-order valence-corrected chi connectivity index (χ3v) is 3.46. The zero-order valence-corrected chi connectivity index (χ0v) is 9.78. The molecule has 0 saturated heterocycles. The number of benzene rings is 1. The number of nitrogens with zero attached hydrogens (tertiary/aromatic N) is 1. The van der Waals surface area contributed by atoms with Crippen molar-refractivity contribution < 1.29 is 9.50 Å².